The highest BCUT2D eigenvalue weighted by atomic mass is 19.4. The van der Waals surface area contributed by atoms with Gasteiger partial charge in [-0.1, -0.05) is 12.1 Å². The molecule has 0 aromatic heterocycles. The van der Waals surface area contributed by atoms with Crippen LogP contribution in [-0.4, -0.2) is 26.0 Å². The number of hydrogen-bond donors (Lipinski definition) is 0. The zero-order valence-corrected chi connectivity index (χ0v) is 8.88. The van der Waals surface area contributed by atoms with Gasteiger partial charge in [0.1, 0.15) is 19.0 Å². The van der Waals surface area contributed by atoms with Crippen molar-refractivity contribution in [3.8, 4) is 5.75 Å². The monoisotopic (exact) mass is 234 g/mol. The first kappa shape index (κ1) is 12.8. The van der Waals surface area contributed by atoms with Crippen molar-refractivity contribution < 1.29 is 22.6 Å². The third kappa shape index (κ3) is 5.60. The lowest BCUT2D eigenvalue weighted by Crippen LogP contribution is -2.19. The number of rotatable bonds is 5. The number of hydrogen-bond acceptors (Lipinski definition) is 2. The van der Waals surface area contributed by atoms with Crippen molar-refractivity contribution in [1.29, 1.82) is 0 Å². The number of aryl methyl sites for hydroxylation is 1. The Labute approximate surface area is 92.0 Å². The fraction of sp³-hybridized carbons (Fsp3) is 0.455. The number of alkyl halides is 3. The molecule has 90 valence electrons. The van der Waals surface area contributed by atoms with Crippen molar-refractivity contribution in [2.45, 2.75) is 13.1 Å². The summed E-state index contributed by atoms with van der Waals surface area (Å²) >= 11 is 0. The van der Waals surface area contributed by atoms with Gasteiger partial charge in [-0.3, -0.25) is 0 Å². The molecule has 1 aromatic rings. The van der Waals surface area contributed by atoms with Gasteiger partial charge in [0.25, 0.3) is 0 Å². The highest BCUT2D eigenvalue weighted by molar-refractivity contribution is 5.27. The molecule has 0 saturated heterocycles. The van der Waals surface area contributed by atoms with Crippen LogP contribution in [0.5, 0.6) is 5.75 Å². The molecule has 0 bridgehead atoms. The number of halogens is 3. The van der Waals surface area contributed by atoms with E-state index in [-0.39, 0.29) is 13.2 Å². The SMILES string of the molecule is Cc1cccc(OCCOCC(F)(F)F)c1. The Bertz CT molecular complexity index is 323. The Morgan fingerprint density at radius 3 is 2.56 bits per heavy atom. The fourth-order valence-corrected chi connectivity index (χ4v) is 1.11. The minimum Gasteiger partial charge on any atom is -0.491 e. The summed E-state index contributed by atoms with van der Waals surface area (Å²) in [6.45, 7) is 0.712. The van der Waals surface area contributed by atoms with E-state index >= 15 is 0 Å². The van der Waals surface area contributed by atoms with Crippen LogP contribution in [0.3, 0.4) is 0 Å². The van der Waals surface area contributed by atoms with Gasteiger partial charge in [-0.25, -0.2) is 0 Å². The summed E-state index contributed by atoms with van der Waals surface area (Å²) in [6.07, 6.45) is -4.27. The molecular formula is C11H13F3O2. The molecule has 0 heterocycles. The van der Waals surface area contributed by atoms with E-state index < -0.39 is 12.8 Å². The molecule has 16 heavy (non-hydrogen) atoms. The minimum absolute atomic E-state index is 0.0759. The molecule has 0 radical (unpaired) electrons. The Morgan fingerprint density at radius 1 is 1.19 bits per heavy atom. The third-order valence-corrected chi connectivity index (χ3v) is 1.75. The van der Waals surface area contributed by atoms with Crippen molar-refractivity contribution in [1.82, 2.24) is 0 Å². The molecule has 0 aliphatic heterocycles. The summed E-state index contributed by atoms with van der Waals surface area (Å²) in [4.78, 5) is 0. The van der Waals surface area contributed by atoms with Crippen LogP contribution in [0, 0.1) is 6.92 Å². The largest absolute Gasteiger partial charge is 0.491 e. The van der Waals surface area contributed by atoms with E-state index in [9.17, 15) is 13.2 Å². The second-order valence-corrected chi connectivity index (χ2v) is 3.33. The quantitative estimate of drug-likeness (QED) is 0.729. The van der Waals surface area contributed by atoms with E-state index in [1.165, 1.54) is 0 Å². The highest BCUT2D eigenvalue weighted by Gasteiger charge is 2.27. The maximum atomic E-state index is 11.7. The van der Waals surface area contributed by atoms with E-state index in [1.54, 1.807) is 6.07 Å². The Balaban J connectivity index is 2.17. The molecule has 0 atom stereocenters. The van der Waals surface area contributed by atoms with Crippen molar-refractivity contribution in [3.05, 3.63) is 29.8 Å². The van der Waals surface area contributed by atoms with Crippen LogP contribution >= 0.6 is 0 Å². The summed E-state index contributed by atoms with van der Waals surface area (Å²) in [5.41, 5.74) is 1.04. The Morgan fingerprint density at radius 2 is 1.94 bits per heavy atom. The van der Waals surface area contributed by atoms with Crippen LogP contribution in [0.4, 0.5) is 13.2 Å². The molecule has 0 aliphatic rings. The van der Waals surface area contributed by atoms with Crippen LogP contribution in [-0.2, 0) is 4.74 Å². The van der Waals surface area contributed by atoms with Crippen LogP contribution in [0.15, 0.2) is 24.3 Å². The maximum Gasteiger partial charge on any atom is 0.411 e. The van der Waals surface area contributed by atoms with Gasteiger partial charge in [0.2, 0.25) is 0 Å². The van der Waals surface area contributed by atoms with E-state index in [1.807, 2.05) is 25.1 Å². The lowest BCUT2D eigenvalue weighted by molar-refractivity contribution is -0.175. The smallest absolute Gasteiger partial charge is 0.411 e. The lowest BCUT2D eigenvalue weighted by Gasteiger charge is -2.09. The molecule has 5 heteroatoms. The molecule has 1 aromatic carbocycles. The number of ether oxygens (including phenoxy) is 2. The van der Waals surface area contributed by atoms with Crippen molar-refractivity contribution >= 4 is 0 Å². The van der Waals surface area contributed by atoms with Gasteiger partial charge in [-0.2, -0.15) is 13.2 Å². The molecule has 0 spiro atoms. The Hall–Kier alpha value is -1.23. The van der Waals surface area contributed by atoms with Crippen LogP contribution in [0.1, 0.15) is 5.56 Å². The molecule has 0 N–H and O–H groups in total. The van der Waals surface area contributed by atoms with Crippen molar-refractivity contribution in [2.24, 2.45) is 0 Å². The first-order valence-electron chi connectivity index (χ1n) is 4.81. The molecule has 0 fully saturated rings. The molecule has 0 amide bonds. The second kappa shape index (κ2) is 5.75. The third-order valence-electron chi connectivity index (χ3n) is 1.75. The summed E-state index contributed by atoms with van der Waals surface area (Å²) < 4.78 is 44.7. The fourth-order valence-electron chi connectivity index (χ4n) is 1.11. The van der Waals surface area contributed by atoms with Crippen LogP contribution in [0.25, 0.3) is 0 Å². The normalized spacial score (nSPS) is 11.5. The predicted molar refractivity (Wildman–Crippen MR) is 53.5 cm³/mol. The van der Waals surface area contributed by atoms with E-state index in [0.717, 1.165) is 5.56 Å². The zero-order chi connectivity index (χ0) is 12.0. The van der Waals surface area contributed by atoms with Gasteiger partial charge < -0.3 is 9.47 Å². The first-order chi connectivity index (χ1) is 7.47. The summed E-state index contributed by atoms with van der Waals surface area (Å²) in [5, 5.41) is 0. The van der Waals surface area contributed by atoms with Crippen molar-refractivity contribution in [2.75, 3.05) is 19.8 Å². The van der Waals surface area contributed by atoms with Gasteiger partial charge in [-0.15, -0.1) is 0 Å². The van der Waals surface area contributed by atoms with Crippen molar-refractivity contribution in [3.63, 3.8) is 0 Å². The second-order valence-electron chi connectivity index (χ2n) is 3.33. The predicted octanol–water partition coefficient (Wildman–Crippen LogP) is 2.95. The van der Waals surface area contributed by atoms with Crippen LogP contribution in [0.2, 0.25) is 0 Å². The average molecular weight is 234 g/mol. The van der Waals surface area contributed by atoms with E-state index in [2.05, 4.69) is 4.74 Å². The molecule has 2 nitrogen and oxygen atoms in total. The van der Waals surface area contributed by atoms with Gasteiger partial charge in [0.15, 0.2) is 0 Å². The molecule has 0 unspecified atom stereocenters. The topological polar surface area (TPSA) is 18.5 Å². The summed E-state index contributed by atoms with van der Waals surface area (Å²) in [7, 11) is 0. The zero-order valence-electron chi connectivity index (χ0n) is 8.88. The van der Waals surface area contributed by atoms with Gasteiger partial charge in [0.05, 0.1) is 6.61 Å². The van der Waals surface area contributed by atoms with Crippen LogP contribution < -0.4 is 4.74 Å². The van der Waals surface area contributed by atoms with Gasteiger partial charge in [-0.05, 0) is 24.6 Å². The lowest BCUT2D eigenvalue weighted by atomic mass is 10.2. The average Bonchev–Trinajstić information content (AvgIpc) is 2.15. The van der Waals surface area contributed by atoms with E-state index in [0.29, 0.717) is 5.75 Å². The molecular weight excluding hydrogens is 221 g/mol. The Kier molecular flexibility index (Phi) is 4.61. The molecule has 0 aliphatic carbocycles. The minimum atomic E-state index is -4.27. The molecule has 1 rings (SSSR count). The van der Waals surface area contributed by atoms with E-state index in [4.69, 9.17) is 4.74 Å². The summed E-state index contributed by atoms with van der Waals surface area (Å²) in [5.74, 6) is 0.635. The standard InChI is InChI=1S/C11H13F3O2/c1-9-3-2-4-10(7-9)16-6-5-15-8-11(12,13)14/h2-4,7H,5-6,8H2,1H3. The van der Waals surface area contributed by atoms with Gasteiger partial charge in [0, 0.05) is 0 Å². The highest BCUT2D eigenvalue weighted by Crippen LogP contribution is 2.15. The number of benzene rings is 1. The molecule has 0 saturated carbocycles. The van der Waals surface area contributed by atoms with Gasteiger partial charge >= 0.3 is 6.18 Å². The maximum absolute atomic E-state index is 11.7. The first-order valence-corrected chi connectivity index (χ1v) is 4.81. The summed E-state index contributed by atoms with van der Waals surface area (Å²) in [6, 6.07) is 7.29.